The fourth-order valence-corrected chi connectivity index (χ4v) is 2.96. The van der Waals surface area contributed by atoms with Crippen LogP contribution >= 0.6 is 0 Å². The van der Waals surface area contributed by atoms with E-state index in [0.29, 0.717) is 0 Å². The molecule has 0 atom stereocenters. The number of hydrogen-bond acceptors (Lipinski definition) is 2. The predicted molar refractivity (Wildman–Crippen MR) is 109 cm³/mol. The highest BCUT2D eigenvalue weighted by Crippen LogP contribution is 2.13. The fourth-order valence-electron chi connectivity index (χ4n) is 2.96. The summed E-state index contributed by atoms with van der Waals surface area (Å²) in [6.07, 6.45) is 21.9. The van der Waals surface area contributed by atoms with Gasteiger partial charge in [0.15, 0.2) is 0 Å². The van der Waals surface area contributed by atoms with Crippen molar-refractivity contribution in [1.82, 2.24) is 4.90 Å². The average Bonchev–Trinajstić information content (AvgIpc) is 2.62. The standard InChI is InChI=1S/C22H41NO3/c1-3-4-5-6-7-8-9-10-11-12-13-14-15-16-17-18-21(24)23(2)20-19-22(25)26/h17-18H,3-16,19-20H2,1-2H3,(H,25,26). The van der Waals surface area contributed by atoms with Crippen LogP contribution in [0.4, 0.5) is 0 Å². The van der Waals surface area contributed by atoms with Crippen LogP contribution in [-0.4, -0.2) is 35.5 Å². The first-order valence-corrected chi connectivity index (χ1v) is 10.7. The highest BCUT2D eigenvalue weighted by Gasteiger charge is 2.06. The van der Waals surface area contributed by atoms with Gasteiger partial charge in [0.1, 0.15) is 0 Å². The molecule has 0 fully saturated rings. The Morgan fingerprint density at radius 3 is 1.73 bits per heavy atom. The summed E-state index contributed by atoms with van der Waals surface area (Å²) >= 11 is 0. The molecule has 26 heavy (non-hydrogen) atoms. The van der Waals surface area contributed by atoms with E-state index in [0.717, 1.165) is 12.8 Å². The van der Waals surface area contributed by atoms with Crippen LogP contribution in [0.1, 0.15) is 103 Å². The number of rotatable bonds is 18. The number of aliphatic carboxylic acids is 1. The van der Waals surface area contributed by atoms with Crippen molar-refractivity contribution >= 4 is 11.9 Å². The Kier molecular flexibility index (Phi) is 17.5. The van der Waals surface area contributed by atoms with Crippen LogP contribution in [0.25, 0.3) is 0 Å². The highest BCUT2D eigenvalue weighted by atomic mass is 16.4. The van der Waals surface area contributed by atoms with Crippen molar-refractivity contribution in [2.45, 2.75) is 103 Å². The number of unbranched alkanes of at least 4 members (excludes halogenated alkanes) is 13. The molecule has 0 aromatic rings. The minimum atomic E-state index is -0.874. The van der Waals surface area contributed by atoms with Gasteiger partial charge in [-0.3, -0.25) is 9.59 Å². The molecule has 0 aromatic carbocycles. The van der Waals surface area contributed by atoms with Crippen molar-refractivity contribution in [2.75, 3.05) is 13.6 Å². The van der Waals surface area contributed by atoms with Crippen molar-refractivity contribution in [2.24, 2.45) is 0 Å². The third-order valence-corrected chi connectivity index (χ3v) is 4.77. The Labute approximate surface area is 161 Å². The Bertz CT molecular complexity index is 380. The zero-order valence-corrected chi connectivity index (χ0v) is 17.2. The second-order valence-electron chi connectivity index (χ2n) is 7.34. The topological polar surface area (TPSA) is 57.6 Å². The quantitative estimate of drug-likeness (QED) is 0.240. The third kappa shape index (κ3) is 17.5. The maximum atomic E-state index is 11.7. The summed E-state index contributed by atoms with van der Waals surface area (Å²) in [6.45, 7) is 2.52. The van der Waals surface area contributed by atoms with Gasteiger partial charge in [-0.15, -0.1) is 0 Å². The van der Waals surface area contributed by atoms with E-state index in [4.69, 9.17) is 5.11 Å². The fraction of sp³-hybridized carbons (Fsp3) is 0.818. The van der Waals surface area contributed by atoms with Crippen LogP contribution in [0, 0.1) is 0 Å². The molecule has 4 heteroatoms. The molecule has 0 saturated heterocycles. The molecular formula is C22H41NO3. The van der Waals surface area contributed by atoms with Crippen molar-refractivity contribution in [3.63, 3.8) is 0 Å². The lowest BCUT2D eigenvalue weighted by Crippen LogP contribution is -2.27. The van der Waals surface area contributed by atoms with Gasteiger partial charge in [-0.1, -0.05) is 90.0 Å². The summed E-state index contributed by atoms with van der Waals surface area (Å²) in [7, 11) is 1.64. The molecule has 0 aliphatic heterocycles. The lowest BCUT2D eigenvalue weighted by molar-refractivity contribution is -0.137. The molecule has 1 amide bonds. The minimum absolute atomic E-state index is 0.00502. The first kappa shape index (κ1) is 24.7. The molecule has 1 N–H and O–H groups in total. The van der Waals surface area contributed by atoms with E-state index < -0.39 is 5.97 Å². The number of allylic oxidation sites excluding steroid dienone is 1. The Balaban J connectivity index is 3.34. The zero-order chi connectivity index (χ0) is 19.5. The molecule has 0 unspecified atom stereocenters. The molecule has 0 aliphatic rings. The van der Waals surface area contributed by atoms with Gasteiger partial charge in [0.25, 0.3) is 0 Å². The highest BCUT2D eigenvalue weighted by molar-refractivity contribution is 5.87. The Morgan fingerprint density at radius 2 is 1.27 bits per heavy atom. The van der Waals surface area contributed by atoms with Gasteiger partial charge in [0.05, 0.1) is 6.42 Å². The van der Waals surface area contributed by atoms with E-state index in [2.05, 4.69) is 6.92 Å². The maximum absolute atomic E-state index is 11.7. The van der Waals surface area contributed by atoms with E-state index in [1.165, 1.54) is 81.9 Å². The van der Waals surface area contributed by atoms with Gasteiger partial charge in [-0.2, -0.15) is 0 Å². The van der Waals surface area contributed by atoms with Gasteiger partial charge >= 0.3 is 5.97 Å². The normalized spacial score (nSPS) is 11.2. The summed E-state index contributed by atoms with van der Waals surface area (Å²) in [5, 5.41) is 8.61. The monoisotopic (exact) mass is 367 g/mol. The van der Waals surface area contributed by atoms with Gasteiger partial charge in [-0.25, -0.2) is 0 Å². The van der Waals surface area contributed by atoms with Crippen LogP contribution in [0.3, 0.4) is 0 Å². The van der Waals surface area contributed by atoms with E-state index in [1.807, 2.05) is 6.08 Å². The summed E-state index contributed by atoms with van der Waals surface area (Å²) in [6, 6.07) is 0. The Morgan fingerprint density at radius 1 is 0.808 bits per heavy atom. The number of nitrogens with zero attached hydrogens (tertiary/aromatic N) is 1. The first-order valence-electron chi connectivity index (χ1n) is 10.7. The molecule has 0 radical (unpaired) electrons. The lowest BCUT2D eigenvalue weighted by atomic mass is 10.0. The number of amides is 1. The number of carbonyl (C=O) groups is 2. The van der Waals surface area contributed by atoms with Gasteiger partial charge in [-0.05, 0) is 18.9 Å². The first-order chi connectivity index (χ1) is 12.6. The van der Waals surface area contributed by atoms with Gasteiger partial charge in [0, 0.05) is 13.6 Å². The summed E-state index contributed by atoms with van der Waals surface area (Å²) in [5.74, 6) is -0.985. The molecule has 0 rings (SSSR count). The van der Waals surface area contributed by atoms with Crippen molar-refractivity contribution in [3.8, 4) is 0 Å². The third-order valence-electron chi connectivity index (χ3n) is 4.77. The van der Waals surface area contributed by atoms with Crippen LogP contribution < -0.4 is 0 Å². The number of carboxylic acids is 1. The molecule has 0 spiro atoms. The maximum Gasteiger partial charge on any atom is 0.305 e. The minimum Gasteiger partial charge on any atom is -0.481 e. The number of hydrogen-bond donors (Lipinski definition) is 1. The zero-order valence-electron chi connectivity index (χ0n) is 17.2. The molecule has 0 aliphatic carbocycles. The molecule has 0 aromatic heterocycles. The number of likely N-dealkylation sites (N-methyl/N-ethyl adjacent to an activating group) is 1. The predicted octanol–water partition coefficient (Wildman–Crippen LogP) is 5.96. The molecule has 0 heterocycles. The van der Waals surface area contributed by atoms with E-state index in [9.17, 15) is 9.59 Å². The van der Waals surface area contributed by atoms with Crippen molar-refractivity contribution in [3.05, 3.63) is 12.2 Å². The second-order valence-corrected chi connectivity index (χ2v) is 7.34. The molecule has 152 valence electrons. The van der Waals surface area contributed by atoms with E-state index >= 15 is 0 Å². The van der Waals surface area contributed by atoms with Gasteiger partial charge in [0.2, 0.25) is 5.91 Å². The van der Waals surface area contributed by atoms with Crippen molar-refractivity contribution in [1.29, 1.82) is 0 Å². The summed E-state index contributed by atoms with van der Waals surface area (Å²) in [4.78, 5) is 23.7. The van der Waals surface area contributed by atoms with Crippen LogP contribution in [-0.2, 0) is 9.59 Å². The Hall–Kier alpha value is -1.32. The van der Waals surface area contributed by atoms with Crippen LogP contribution in [0.15, 0.2) is 12.2 Å². The number of carbonyl (C=O) groups excluding carboxylic acids is 1. The molecule has 0 bridgehead atoms. The van der Waals surface area contributed by atoms with Crippen LogP contribution in [0.5, 0.6) is 0 Å². The largest absolute Gasteiger partial charge is 0.481 e. The second kappa shape index (κ2) is 18.5. The molecule has 4 nitrogen and oxygen atoms in total. The molecule has 0 saturated carbocycles. The number of carboxylic acid groups (broad SMARTS) is 1. The average molecular weight is 368 g/mol. The SMILES string of the molecule is CCCCCCCCCCCCCCCC=CC(=O)N(C)CCC(=O)O. The summed E-state index contributed by atoms with van der Waals surface area (Å²) in [5.41, 5.74) is 0. The van der Waals surface area contributed by atoms with E-state index in [-0.39, 0.29) is 18.9 Å². The molecular weight excluding hydrogens is 326 g/mol. The van der Waals surface area contributed by atoms with Gasteiger partial charge < -0.3 is 10.0 Å². The summed E-state index contributed by atoms with van der Waals surface area (Å²) < 4.78 is 0. The van der Waals surface area contributed by atoms with E-state index in [1.54, 1.807) is 13.1 Å². The lowest BCUT2D eigenvalue weighted by Gasteiger charge is -2.13. The smallest absolute Gasteiger partial charge is 0.305 e. The van der Waals surface area contributed by atoms with Crippen molar-refractivity contribution < 1.29 is 14.7 Å². The van der Waals surface area contributed by atoms with Crippen LogP contribution in [0.2, 0.25) is 0 Å².